The van der Waals surface area contributed by atoms with Crippen LogP contribution in [0.2, 0.25) is 0 Å². The minimum atomic E-state index is -1.20. The Balaban J connectivity index is 2.20. The molecule has 0 aromatic rings. The van der Waals surface area contributed by atoms with Crippen LogP contribution in [0.1, 0.15) is 47.5 Å². The Morgan fingerprint density at radius 2 is 1.83 bits per heavy atom. The molecule has 0 aromatic heterocycles. The lowest BCUT2D eigenvalue weighted by Crippen LogP contribution is -2.40. The lowest BCUT2D eigenvalue weighted by molar-refractivity contribution is -0.129. The Labute approximate surface area is 142 Å². The first-order valence-corrected chi connectivity index (χ1v) is 8.27. The second-order valence-corrected chi connectivity index (χ2v) is 8.13. The van der Waals surface area contributed by atoms with Gasteiger partial charge in [0.2, 0.25) is 5.78 Å². The van der Waals surface area contributed by atoms with Crippen molar-refractivity contribution in [2.24, 2.45) is 5.41 Å². The van der Waals surface area contributed by atoms with Gasteiger partial charge in [-0.25, -0.2) is 0 Å². The van der Waals surface area contributed by atoms with E-state index in [0.29, 0.717) is 28.9 Å². The maximum Gasteiger partial charge on any atom is 0.210 e. The fourth-order valence-electron chi connectivity index (χ4n) is 3.71. The van der Waals surface area contributed by atoms with Crippen LogP contribution in [-0.2, 0) is 14.3 Å². The summed E-state index contributed by atoms with van der Waals surface area (Å²) in [5.74, 6) is 0.443. The standard InChI is InChI=1S/C20H24O4/c1-12-8-14-9-19(5,23)11-20(14)17(22)13(2)16(24-20)10-18(3,4)7-6-15(12)21/h6-9,23H,10-11H2,1-5H3/b7-6-,12-8-/t19-,20+/m0/s1. The molecule has 1 spiro atoms. The van der Waals surface area contributed by atoms with Gasteiger partial charge in [0.25, 0.3) is 0 Å². The molecule has 4 nitrogen and oxygen atoms in total. The van der Waals surface area contributed by atoms with E-state index in [1.54, 1.807) is 39.0 Å². The maximum absolute atomic E-state index is 13.0. The zero-order valence-corrected chi connectivity index (χ0v) is 14.9. The second kappa shape index (κ2) is 5.03. The zero-order valence-electron chi connectivity index (χ0n) is 14.9. The lowest BCUT2D eigenvalue weighted by atomic mass is 9.83. The minimum Gasteiger partial charge on any atom is -0.478 e. The van der Waals surface area contributed by atoms with Crippen LogP contribution in [0.5, 0.6) is 0 Å². The molecule has 0 aromatic carbocycles. The monoisotopic (exact) mass is 328 g/mol. The number of fused-ring (bicyclic) bond motifs is 1. The van der Waals surface area contributed by atoms with Crippen molar-refractivity contribution in [1.82, 2.24) is 0 Å². The first-order valence-electron chi connectivity index (χ1n) is 8.27. The highest BCUT2D eigenvalue weighted by molar-refractivity contribution is 6.08. The van der Waals surface area contributed by atoms with Crippen molar-refractivity contribution in [3.8, 4) is 0 Å². The highest BCUT2D eigenvalue weighted by atomic mass is 16.5. The fourth-order valence-corrected chi connectivity index (χ4v) is 3.71. The Kier molecular flexibility index (Phi) is 3.54. The molecule has 2 aliphatic heterocycles. The summed E-state index contributed by atoms with van der Waals surface area (Å²) in [6, 6.07) is 0. The lowest BCUT2D eigenvalue weighted by Gasteiger charge is -2.29. The molecule has 1 aliphatic carbocycles. The van der Waals surface area contributed by atoms with Crippen LogP contribution < -0.4 is 0 Å². The van der Waals surface area contributed by atoms with E-state index in [0.717, 1.165) is 0 Å². The number of ether oxygens (including phenoxy) is 1. The summed E-state index contributed by atoms with van der Waals surface area (Å²) in [5, 5.41) is 10.5. The Morgan fingerprint density at radius 1 is 1.17 bits per heavy atom. The van der Waals surface area contributed by atoms with E-state index in [1.807, 2.05) is 19.9 Å². The van der Waals surface area contributed by atoms with Crippen LogP contribution in [0, 0.1) is 5.41 Å². The van der Waals surface area contributed by atoms with Gasteiger partial charge in [-0.3, -0.25) is 9.59 Å². The third-order valence-electron chi connectivity index (χ3n) is 5.03. The number of allylic oxidation sites excluding steroid dienone is 4. The normalized spacial score (nSPS) is 38.8. The molecular weight excluding hydrogens is 304 g/mol. The van der Waals surface area contributed by atoms with E-state index in [1.165, 1.54) is 0 Å². The summed E-state index contributed by atoms with van der Waals surface area (Å²) in [5.41, 5.74) is -0.951. The van der Waals surface area contributed by atoms with Crippen molar-refractivity contribution < 1.29 is 19.4 Å². The van der Waals surface area contributed by atoms with Crippen molar-refractivity contribution in [3.05, 3.63) is 46.8 Å². The van der Waals surface area contributed by atoms with Gasteiger partial charge in [-0.05, 0) is 50.0 Å². The molecule has 1 N–H and O–H groups in total. The van der Waals surface area contributed by atoms with E-state index in [4.69, 9.17) is 4.74 Å². The number of hydrogen-bond donors (Lipinski definition) is 1. The number of hydrogen-bond acceptors (Lipinski definition) is 4. The van der Waals surface area contributed by atoms with Gasteiger partial charge < -0.3 is 9.84 Å². The summed E-state index contributed by atoms with van der Waals surface area (Å²) >= 11 is 0. The predicted molar refractivity (Wildman–Crippen MR) is 91.1 cm³/mol. The number of aliphatic hydroxyl groups is 1. The Morgan fingerprint density at radius 3 is 2.50 bits per heavy atom. The van der Waals surface area contributed by atoms with Gasteiger partial charge in [0.05, 0.1) is 5.60 Å². The molecule has 3 rings (SSSR count). The molecule has 0 unspecified atom stereocenters. The predicted octanol–water partition coefficient (Wildman–Crippen LogP) is 3.18. The first kappa shape index (κ1) is 16.9. The average Bonchev–Trinajstić information content (AvgIpc) is 2.83. The van der Waals surface area contributed by atoms with Gasteiger partial charge in [0.15, 0.2) is 11.4 Å². The van der Waals surface area contributed by atoms with E-state index >= 15 is 0 Å². The number of Topliss-reactive ketones (excluding diaryl/α,β-unsaturated/α-hetero) is 1. The largest absolute Gasteiger partial charge is 0.478 e. The number of carbonyl (C=O) groups is 2. The van der Waals surface area contributed by atoms with E-state index in [9.17, 15) is 14.7 Å². The molecule has 128 valence electrons. The minimum absolute atomic E-state index is 0.0957. The molecule has 2 heterocycles. The molecule has 2 bridgehead atoms. The molecule has 4 heteroatoms. The zero-order chi connectivity index (χ0) is 17.9. The van der Waals surface area contributed by atoms with Crippen molar-refractivity contribution in [3.63, 3.8) is 0 Å². The molecule has 0 saturated carbocycles. The van der Waals surface area contributed by atoms with Crippen LogP contribution in [0.4, 0.5) is 0 Å². The Bertz CT molecular complexity index is 759. The molecule has 3 aliphatic rings. The highest BCUT2D eigenvalue weighted by Gasteiger charge is 2.57. The molecule has 0 fully saturated rings. The number of carbonyl (C=O) groups excluding carboxylic acids is 2. The molecular formula is C20H24O4. The average molecular weight is 328 g/mol. The van der Waals surface area contributed by atoms with Crippen molar-refractivity contribution in [1.29, 1.82) is 0 Å². The van der Waals surface area contributed by atoms with E-state index < -0.39 is 11.2 Å². The van der Waals surface area contributed by atoms with Crippen LogP contribution >= 0.6 is 0 Å². The van der Waals surface area contributed by atoms with Crippen LogP contribution in [0.25, 0.3) is 0 Å². The van der Waals surface area contributed by atoms with Gasteiger partial charge in [0, 0.05) is 24.0 Å². The summed E-state index contributed by atoms with van der Waals surface area (Å²) in [7, 11) is 0. The molecule has 24 heavy (non-hydrogen) atoms. The summed E-state index contributed by atoms with van der Waals surface area (Å²) in [6.07, 6.45) is 7.48. The van der Waals surface area contributed by atoms with Crippen LogP contribution in [0.3, 0.4) is 0 Å². The summed E-state index contributed by atoms with van der Waals surface area (Å²) < 4.78 is 6.20. The van der Waals surface area contributed by atoms with Crippen LogP contribution in [-0.4, -0.2) is 27.9 Å². The summed E-state index contributed by atoms with van der Waals surface area (Å²) in [6.45, 7) is 9.18. The maximum atomic E-state index is 13.0. The summed E-state index contributed by atoms with van der Waals surface area (Å²) in [4.78, 5) is 25.4. The smallest absolute Gasteiger partial charge is 0.210 e. The Hall–Kier alpha value is -1.94. The van der Waals surface area contributed by atoms with Gasteiger partial charge in [-0.1, -0.05) is 19.9 Å². The second-order valence-electron chi connectivity index (χ2n) is 8.13. The highest BCUT2D eigenvalue weighted by Crippen LogP contribution is 2.50. The van der Waals surface area contributed by atoms with Crippen molar-refractivity contribution >= 4 is 11.6 Å². The van der Waals surface area contributed by atoms with Crippen LogP contribution in [0.15, 0.2) is 46.8 Å². The topological polar surface area (TPSA) is 63.6 Å². The van der Waals surface area contributed by atoms with Crippen molar-refractivity contribution in [2.45, 2.75) is 58.7 Å². The molecule has 0 saturated heterocycles. The fraction of sp³-hybridized carbons (Fsp3) is 0.500. The number of rotatable bonds is 0. The van der Waals surface area contributed by atoms with Gasteiger partial charge in [-0.2, -0.15) is 0 Å². The number of ketones is 2. The van der Waals surface area contributed by atoms with Crippen molar-refractivity contribution in [2.75, 3.05) is 0 Å². The molecule has 0 amide bonds. The van der Waals surface area contributed by atoms with E-state index in [2.05, 4.69) is 0 Å². The quantitative estimate of drug-likeness (QED) is 0.742. The first-order chi connectivity index (χ1) is 11.0. The SMILES string of the molecule is CC1=C2CC(C)(C)/C=C\C(=O)/C(C)=C\C3=C[C@](C)(O)C[C@]3(O2)C1=O. The van der Waals surface area contributed by atoms with Gasteiger partial charge >= 0.3 is 0 Å². The van der Waals surface area contributed by atoms with Gasteiger partial charge in [-0.15, -0.1) is 0 Å². The molecule has 2 atom stereocenters. The van der Waals surface area contributed by atoms with Gasteiger partial charge in [0.1, 0.15) is 5.76 Å². The third kappa shape index (κ3) is 2.59. The third-order valence-corrected chi connectivity index (χ3v) is 5.03. The van der Waals surface area contributed by atoms with E-state index in [-0.39, 0.29) is 23.4 Å². The molecule has 0 radical (unpaired) electrons.